The maximum absolute atomic E-state index is 11.5. The number of rotatable bonds is 4. The highest BCUT2D eigenvalue weighted by Gasteiger charge is 2.36. The molecule has 106 valence electrons. The molecule has 1 fully saturated rings. The van der Waals surface area contributed by atoms with E-state index in [1.54, 1.807) is 18.3 Å². The second kappa shape index (κ2) is 5.34. The van der Waals surface area contributed by atoms with Gasteiger partial charge in [-0.15, -0.1) is 0 Å². The zero-order chi connectivity index (χ0) is 14.0. The molecule has 7 heteroatoms. The van der Waals surface area contributed by atoms with Crippen molar-refractivity contribution < 1.29 is 18.3 Å². The summed E-state index contributed by atoms with van der Waals surface area (Å²) < 4.78 is 28.5. The number of hydrogen-bond acceptors (Lipinski definition) is 6. The Hall–Kier alpha value is -1.34. The molecule has 2 heterocycles. The van der Waals surface area contributed by atoms with E-state index in [0.29, 0.717) is 11.6 Å². The van der Waals surface area contributed by atoms with Crippen LogP contribution >= 0.6 is 0 Å². The molecule has 1 aliphatic heterocycles. The Labute approximate surface area is 112 Å². The summed E-state index contributed by atoms with van der Waals surface area (Å²) in [5, 5.41) is 12.8. The third-order valence-corrected chi connectivity index (χ3v) is 4.50. The van der Waals surface area contributed by atoms with Crippen molar-refractivity contribution in [3.63, 3.8) is 0 Å². The molecule has 0 spiro atoms. The van der Waals surface area contributed by atoms with Crippen LogP contribution in [-0.4, -0.2) is 48.3 Å². The van der Waals surface area contributed by atoms with E-state index in [-0.39, 0.29) is 17.6 Å². The fraction of sp³-hybridized carbons (Fsp3) is 0.583. The van der Waals surface area contributed by atoms with Crippen LogP contribution in [0.15, 0.2) is 18.3 Å². The minimum atomic E-state index is -3.17. The summed E-state index contributed by atoms with van der Waals surface area (Å²) in [4.78, 5) is 4.11. The predicted molar refractivity (Wildman–Crippen MR) is 72.1 cm³/mol. The van der Waals surface area contributed by atoms with Crippen LogP contribution in [0.2, 0.25) is 0 Å². The molecule has 1 aromatic rings. The summed E-state index contributed by atoms with van der Waals surface area (Å²) in [6.45, 7) is 3.76. The summed E-state index contributed by atoms with van der Waals surface area (Å²) in [7, 11) is -3.17. The van der Waals surface area contributed by atoms with Crippen LogP contribution in [0.25, 0.3) is 0 Å². The number of aliphatic hydroxyl groups excluding tert-OH is 1. The van der Waals surface area contributed by atoms with Gasteiger partial charge in [-0.25, -0.2) is 13.4 Å². The van der Waals surface area contributed by atoms with Crippen LogP contribution in [0, 0.1) is 0 Å². The maximum atomic E-state index is 11.5. The molecule has 2 atom stereocenters. The van der Waals surface area contributed by atoms with E-state index in [2.05, 4.69) is 10.3 Å². The van der Waals surface area contributed by atoms with Gasteiger partial charge >= 0.3 is 0 Å². The van der Waals surface area contributed by atoms with Crippen LogP contribution in [0.5, 0.6) is 5.88 Å². The molecule has 0 aromatic carbocycles. The Kier molecular flexibility index (Phi) is 3.96. The Morgan fingerprint density at radius 2 is 2.21 bits per heavy atom. The third-order valence-electron chi connectivity index (χ3n) is 2.78. The second-order valence-electron chi connectivity index (χ2n) is 4.92. The SMILES string of the molecule is CC(C)Oc1ncccc1NC1CS(=O)(=O)CC1O. The monoisotopic (exact) mass is 286 g/mol. The number of aliphatic hydroxyl groups is 1. The summed E-state index contributed by atoms with van der Waals surface area (Å²) >= 11 is 0. The fourth-order valence-corrected chi connectivity index (χ4v) is 3.73. The highest BCUT2D eigenvalue weighted by Crippen LogP contribution is 2.25. The lowest BCUT2D eigenvalue weighted by atomic mass is 10.2. The van der Waals surface area contributed by atoms with E-state index >= 15 is 0 Å². The predicted octanol–water partition coefficient (Wildman–Crippen LogP) is 0.439. The Morgan fingerprint density at radius 3 is 2.79 bits per heavy atom. The molecule has 0 aliphatic carbocycles. The van der Waals surface area contributed by atoms with Crippen LogP contribution < -0.4 is 10.1 Å². The van der Waals surface area contributed by atoms with Gasteiger partial charge in [0, 0.05) is 6.20 Å². The minimum absolute atomic E-state index is 0.0346. The van der Waals surface area contributed by atoms with E-state index in [1.165, 1.54) is 0 Å². The summed E-state index contributed by atoms with van der Waals surface area (Å²) in [6, 6.07) is 2.96. The summed E-state index contributed by atoms with van der Waals surface area (Å²) in [5.41, 5.74) is 0.595. The van der Waals surface area contributed by atoms with Crippen LogP contribution in [0.1, 0.15) is 13.8 Å². The lowest BCUT2D eigenvalue weighted by Gasteiger charge is -2.19. The van der Waals surface area contributed by atoms with Crippen molar-refractivity contribution in [2.75, 3.05) is 16.8 Å². The average Bonchev–Trinajstić information content (AvgIpc) is 2.54. The highest BCUT2D eigenvalue weighted by atomic mass is 32.2. The van der Waals surface area contributed by atoms with Crippen LogP contribution in [-0.2, 0) is 9.84 Å². The van der Waals surface area contributed by atoms with Gasteiger partial charge < -0.3 is 15.2 Å². The normalized spacial score (nSPS) is 25.5. The number of aromatic nitrogens is 1. The van der Waals surface area contributed by atoms with Crippen molar-refractivity contribution in [2.45, 2.75) is 32.1 Å². The highest BCUT2D eigenvalue weighted by molar-refractivity contribution is 7.91. The summed E-state index contributed by atoms with van der Waals surface area (Å²) in [5.74, 6) is 0.129. The first-order valence-corrected chi connectivity index (χ1v) is 7.96. The molecule has 2 unspecified atom stereocenters. The van der Waals surface area contributed by atoms with Crippen molar-refractivity contribution in [3.05, 3.63) is 18.3 Å². The first kappa shape index (κ1) is 14.1. The lowest BCUT2D eigenvalue weighted by Crippen LogP contribution is -2.32. The number of hydrogen-bond donors (Lipinski definition) is 2. The van der Waals surface area contributed by atoms with Gasteiger partial charge in [0.2, 0.25) is 5.88 Å². The van der Waals surface area contributed by atoms with E-state index in [9.17, 15) is 13.5 Å². The first-order chi connectivity index (χ1) is 8.87. The lowest BCUT2D eigenvalue weighted by molar-refractivity contribution is 0.189. The third kappa shape index (κ3) is 3.57. The first-order valence-electron chi connectivity index (χ1n) is 6.14. The van der Waals surface area contributed by atoms with Gasteiger partial charge in [0.15, 0.2) is 9.84 Å². The van der Waals surface area contributed by atoms with Gasteiger partial charge in [0.1, 0.15) is 0 Å². The van der Waals surface area contributed by atoms with Crippen molar-refractivity contribution in [1.29, 1.82) is 0 Å². The molecule has 1 aromatic heterocycles. The molecular formula is C12H18N2O4S. The van der Waals surface area contributed by atoms with Crippen molar-refractivity contribution in [3.8, 4) is 5.88 Å². The number of nitrogens with zero attached hydrogens (tertiary/aromatic N) is 1. The van der Waals surface area contributed by atoms with E-state index in [0.717, 1.165) is 0 Å². The smallest absolute Gasteiger partial charge is 0.237 e. The van der Waals surface area contributed by atoms with Gasteiger partial charge in [-0.1, -0.05) is 0 Å². The Bertz CT molecular complexity index is 544. The van der Waals surface area contributed by atoms with E-state index in [4.69, 9.17) is 4.74 Å². The molecule has 2 rings (SSSR count). The molecule has 2 N–H and O–H groups in total. The number of ether oxygens (including phenoxy) is 1. The van der Waals surface area contributed by atoms with Gasteiger partial charge in [0.25, 0.3) is 0 Å². The second-order valence-corrected chi connectivity index (χ2v) is 7.07. The quantitative estimate of drug-likeness (QED) is 0.835. The Balaban J connectivity index is 2.15. The molecule has 0 saturated carbocycles. The fourth-order valence-electron chi connectivity index (χ4n) is 1.98. The number of anilines is 1. The van der Waals surface area contributed by atoms with E-state index in [1.807, 2.05) is 13.8 Å². The zero-order valence-corrected chi connectivity index (χ0v) is 11.7. The van der Waals surface area contributed by atoms with Gasteiger partial charge in [0.05, 0.1) is 35.4 Å². The largest absolute Gasteiger partial charge is 0.473 e. The summed E-state index contributed by atoms with van der Waals surface area (Å²) in [6.07, 6.45) is 0.662. The molecule has 1 aliphatic rings. The molecule has 0 bridgehead atoms. The number of nitrogens with one attached hydrogen (secondary N) is 1. The van der Waals surface area contributed by atoms with Gasteiger partial charge in [-0.05, 0) is 26.0 Å². The zero-order valence-electron chi connectivity index (χ0n) is 10.9. The maximum Gasteiger partial charge on any atom is 0.237 e. The number of sulfone groups is 1. The minimum Gasteiger partial charge on any atom is -0.473 e. The molecule has 6 nitrogen and oxygen atoms in total. The molecular weight excluding hydrogens is 268 g/mol. The van der Waals surface area contributed by atoms with Crippen LogP contribution in [0.3, 0.4) is 0 Å². The van der Waals surface area contributed by atoms with Crippen molar-refractivity contribution in [2.24, 2.45) is 0 Å². The molecule has 1 saturated heterocycles. The Morgan fingerprint density at radius 1 is 1.47 bits per heavy atom. The molecule has 0 amide bonds. The van der Waals surface area contributed by atoms with Gasteiger partial charge in [-0.3, -0.25) is 0 Å². The standard InChI is InChI=1S/C12H18N2O4S/c1-8(2)18-12-9(4-3-5-13-12)14-10-6-19(16,17)7-11(10)15/h3-5,8,10-11,14-15H,6-7H2,1-2H3. The van der Waals surface area contributed by atoms with Gasteiger partial charge in [-0.2, -0.15) is 0 Å². The topological polar surface area (TPSA) is 88.5 Å². The average molecular weight is 286 g/mol. The number of pyridine rings is 1. The molecule has 19 heavy (non-hydrogen) atoms. The molecule has 0 radical (unpaired) electrons. The van der Waals surface area contributed by atoms with Crippen molar-refractivity contribution >= 4 is 15.5 Å². The van der Waals surface area contributed by atoms with E-state index < -0.39 is 22.0 Å². The van der Waals surface area contributed by atoms with Crippen LogP contribution in [0.4, 0.5) is 5.69 Å². The van der Waals surface area contributed by atoms with Crippen molar-refractivity contribution in [1.82, 2.24) is 4.98 Å².